The van der Waals surface area contributed by atoms with Crippen LogP contribution in [0.3, 0.4) is 0 Å². The Morgan fingerprint density at radius 2 is 1.79 bits per heavy atom. The summed E-state index contributed by atoms with van der Waals surface area (Å²) in [6.45, 7) is 20.8. The van der Waals surface area contributed by atoms with Gasteiger partial charge in [0.1, 0.15) is 0 Å². The highest BCUT2D eigenvalue weighted by molar-refractivity contribution is 4.96. The van der Waals surface area contributed by atoms with Gasteiger partial charge in [-0.25, -0.2) is 0 Å². The number of fused-ring (bicyclic) bond motifs is 2. The first-order valence-corrected chi connectivity index (χ1v) is 12.6. The zero-order valence-electron chi connectivity index (χ0n) is 20.1. The fraction of sp³-hybridized carbons (Fsp3) is 1.00. The lowest BCUT2D eigenvalue weighted by Crippen LogP contribution is -2.47. The summed E-state index contributed by atoms with van der Waals surface area (Å²) in [5.41, 5.74) is 0.358. The van der Waals surface area contributed by atoms with E-state index in [1.54, 1.807) is 0 Å². The van der Waals surface area contributed by atoms with E-state index in [4.69, 9.17) is 4.74 Å². The Labute approximate surface area is 180 Å². The highest BCUT2D eigenvalue weighted by Gasteiger charge is 2.43. The van der Waals surface area contributed by atoms with Gasteiger partial charge in [0.2, 0.25) is 0 Å². The highest BCUT2D eigenvalue weighted by Crippen LogP contribution is 2.38. The Morgan fingerprint density at radius 3 is 2.48 bits per heavy atom. The van der Waals surface area contributed by atoms with Crippen LogP contribution in [0.5, 0.6) is 0 Å². The number of rotatable bonds is 7. The molecule has 0 spiro atoms. The van der Waals surface area contributed by atoms with Crippen LogP contribution in [-0.2, 0) is 4.74 Å². The second kappa shape index (κ2) is 8.76. The van der Waals surface area contributed by atoms with Crippen molar-refractivity contribution in [3.05, 3.63) is 0 Å². The van der Waals surface area contributed by atoms with Gasteiger partial charge in [-0.3, -0.25) is 9.80 Å². The third-order valence-corrected chi connectivity index (χ3v) is 8.74. The summed E-state index contributed by atoms with van der Waals surface area (Å²) in [7, 11) is 0. The van der Waals surface area contributed by atoms with E-state index in [-0.39, 0.29) is 0 Å². The summed E-state index contributed by atoms with van der Waals surface area (Å²) >= 11 is 0. The zero-order chi connectivity index (χ0) is 20.8. The average Bonchev–Trinajstić information content (AvgIpc) is 3.35. The molecular weight excluding hydrogens is 358 g/mol. The zero-order valence-corrected chi connectivity index (χ0v) is 20.1. The van der Waals surface area contributed by atoms with Gasteiger partial charge in [-0.15, -0.1) is 0 Å². The Balaban J connectivity index is 1.26. The normalized spacial score (nSPS) is 38.4. The molecule has 4 heteroatoms. The summed E-state index contributed by atoms with van der Waals surface area (Å²) < 4.78 is 6.34. The number of nitrogens with zero attached hydrogens (tertiary/aromatic N) is 3. The molecular formula is C25H47N3O. The molecule has 4 heterocycles. The Bertz CT molecular complexity index is 550. The number of likely N-dealkylation sites (tertiary alicyclic amines) is 3. The summed E-state index contributed by atoms with van der Waals surface area (Å²) in [6.07, 6.45) is 9.11. The van der Waals surface area contributed by atoms with E-state index < -0.39 is 0 Å². The molecule has 6 atom stereocenters. The van der Waals surface area contributed by atoms with Crippen molar-refractivity contribution < 1.29 is 4.74 Å². The van der Waals surface area contributed by atoms with Crippen LogP contribution < -0.4 is 0 Å². The van der Waals surface area contributed by atoms with E-state index >= 15 is 0 Å². The van der Waals surface area contributed by atoms with Crippen LogP contribution in [0.4, 0.5) is 0 Å². The lowest BCUT2D eigenvalue weighted by Gasteiger charge is -2.40. The first-order chi connectivity index (χ1) is 13.7. The van der Waals surface area contributed by atoms with Crippen molar-refractivity contribution in [2.75, 3.05) is 32.7 Å². The first kappa shape index (κ1) is 22.0. The Kier molecular flexibility index (Phi) is 6.66. The molecule has 29 heavy (non-hydrogen) atoms. The fourth-order valence-electron chi connectivity index (χ4n) is 7.12. The molecule has 4 aliphatic heterocycles. The van der Waals surface area contributed by atoms with Crippen LogP contribution in [0.1, 0.15) is 80.1 Å². The molecule has 0 aromatic rings. The molecule has 4 nitrogen and oxygen atoms in total. The minimum absolute atomic E-state index is 0.358. The molecule has 2 bridgehead atoms. The summed E-state index contributed by atoms with van der Waals surface area (Å²) in [4.78, 5) is 8.23. The molecule has 4 fully saturated rings. The number of morpholine rings is 1. The lowest BCUT2D eigenvalue weighted by atomic mass is 9.88. The van der Waals surface area contributed by atoms with E-state index in [0.29, 0.717) is 29.8 Å². The number of ether oxygens (including phenoxy) is 1. The van der Waals surface area contributed by atoms with Crippen molar-refractivity contribution in [2.45, 2.75) is 116 Å². The van der Waals surface area contributed by atoms with Crippen molar-refractivity contribution in [2.24, 2.45) is 11.8 Å². The second-order valence-electron chi connectivity index (χ2n) is 11.8. The van der Waals surface area contributed by atoms with Gasteiger partial charge in [0.15, 0.2) is 0 Å². The van der Waals surface area contributed by atoms with Crippen LogP contribution >= 0.6 is 0 Å². The van der Waals surface area contributed by atoms with E-state index in [9.17, 15) is 0 Å². The first-order valence-electron chi connectivity index (χ1n) is 12.6. The van der Waals surface area contributed by atoms with Crippen LogP contribution in [0.2, 0.25) is 0 Å². The predicted molar refractivity (Wildman–Crippen MR) is 121 cm³/mol. The topological polar surface area (TPSA) is 19.0 Å². The standard InChI is InChI=1S/C25H47N3O/c1-18(2)27-16-23-13-22(24(17-27)29-23)12-20(4)26-11-9-21(15-26)14-25(5,6)28-10-7-8-19(28)3/h18-24H,7-17H2,1-6H3. The number of hydrogen-bond donors (Lipinski definition) is 0. The highest BCUT2D eigenvalue weighted by atomic mass is 16.5. The second-order valence-corrected chi connectivity index (χ2v) is 11.8. The van der Waals surface area contributed by atoms with Crippen molar-refractivity contribution in [1.29, 1.82) is 0 Å². The summed E-state index contributed by atoms with van der Waals surface area (Å²) in [6, 6.07) is 2.13. The van der Waals surface area contributed by atoms with Crippen molar-refractivity contribution >= 4 is 0 Å². The average molecular weight is 406 g/mol. The maximum absolute atomic E-state index is 6.34. The van der Waals surface area contributed by atoms with Crippen molar-refractivity contribution in [1.82, 2.24) is 14.7 Å². The van der Waals surface area contributed by atoms with E-state index in [1.807, 2.05) is 0 Å². The van der Waals surface area contributed by atoms with Gasteiger partial charge < -0.3 is 9.64 Å². The summed E-state index contributed by atoms with van der Waals surface area (Å²) in [5, 5.41) is 0. The number of hydrogen-bond acceptors (Lipinski definition) is 4. The van der Waals surface area contributed by atoms with Gasteiger partial charge in [0.05, 0.1) is 12.2 Å². The Hall–Kier alpha value is -0.160. The van der Waals surface area contributed by atoms with Gasteiger partial charge in [-0.05, 0) is 105 Å². The van der Waals surface area contributed by atoms with Gasteiger partial charge in [0, 0.05) is 43.3 Å². The fourth-order valence-corrected chi connectivity index (χ4v) is 7.12. The maximum atomic E-state index is 6.34. The molecule has 6 unspecified atom stereocenters. The molecule has 4 rings (SSSR count). The molecule has 0 aliphatic carbocycles. The third kappa shape index (κ3) is 4.86. The quantitative estimate of drug-likeness (QED) is 0.631. The van der Waals surface area contributed by atoms with E-state index in [0.717, 1.165) is 31.0 Å². The lowest BCUT2D eigenvalue weighted by molar-refractivity contribution is -0.0573. The minimum Gasteiger partial charge on any atom is -0.372 e. The largest absolute Gasteiger partial charge is 0.372 e. The Morgan fingerprint density at radius 1 is 1.00 bits per heavy atom. The van der Waals surface area contributed by atoms with Gasteiger partial charge in [-0.1, -0.05) is 0 Å². The van der Waals surface area contributed by atoms with Crippen LogP contribution in [0.15, 0.2) is 0 Å². The molecule has 0 saturated carbocycles. The SMILES string of the molecule is CC(C)N1CC2CC(CC(C)N3CCC(CC(C)(C)N4CCCC4C)C3)C(C1)O2. The maximum Gasteiger partial charge on any atom is 0.0736 e. The molecule has 4 saturated heterocycles. The molecule has 0 aromatic heterocycles. The molecule has 4 aliphatic rings. The van der Waals surface area contributed by atoms with Crippen molar-refractivity contribution in [3.8, 4) is 0 Å². The third-order valence-electron chi connectivity index (χ3n) is 8.74. The molecule has 0 radical (unpaired) electrons. The van der Waals surface area contributed by atoms with Crippen LogP contribution in [-0.4, -0.2) is 83.3 Å². The predicted octanol–water partition coefficient (Wildman–Crippen LogP) is 4.24. The monoisotopic (exact) mass is 405 g/mol. The summed E-state index contributed by atoms with van der Waals surface area (Å²) in [5.74, 6) is 1.63. The van der Waals surface area contributed by atoms with Gasteiger partial charge in [-0.2, -0.15) is 0 Å². The van der Waals surface area contributed by atoms with E-state index in [2.05, 4.69) is 56.2 Å². The van der Waals surface area contributed by atoms with E-state index in [1.165, 1.54) is 58.2 Å². The smallest absolute Gasteiger partial charge is 0.0736 e. The molecule has 0 aromatic carbocycles. The van der Waals surface area contributed by atoms with Crippen LogP contribution in [0, 0.1) is 11.8 Å². The van der Waals surface area contributed by atoms with Gasteiger partial charge >= 0.3 is 0 Å². The van der Waals surface area contributed by atoms with Gasteiger partial charge in [0.25, 0.3) is 0 Å². The van der Waals surface area contributed by atoms with Crippen LogP contribution in [0.25, 0.3) is 0 Å². The minimum atomic E-state index is 0.358. The molecule has 0 amide bonds. The molecule has 0 N–H and O–H groups in total. The van der Waals surface area contributed by atoms with Crippen molar-refractivity contribution in [3.63, 3.8) is 0 Å². The molecule has 168 valence electrons.